The van der Waals surface area contributed by atoms with Crippen LogP contribution in [0.3, 0.4) is 0 Å². The van der Waals surface area contributed by atoms with Crippen molar-refractivity contribution < 1.29 is 9.90 Å². The molecule has 2 N–H and O–H groups in total. The van der Waals surface area contributed by atoms with Crippen molar-refractivity contribution in [3.63, 3.8) is 0 Å². The van der Waals surface area contributed by atoms with Crippen LogP contribution in [-0.2, 0) is 4.79 Å². The number of carbonyl (C=O) groups is 1. The maximum absolute atomic E-state index is 10.8. The minimum absolute atomic E-state index is 0.424. The van der Waals surface area contributed by atoms with Gasteiger partial charge in [-0.3, -0.25) is 0 Å². The minimum atomic E-state index is -0.908. The molecule has 7 heteroatoms. The highest BCUT2D eigenvalue weighted by Crippen LogP contribution is 2.20. The van der Waals surface area contributed by atoms with Gasteiger partial charge in [0.2, 0.25) is 0 Å². The lowest BCUT2D eigenvalue weighted by Gasteiger charge is -2.13. The van der Waals surface area contributed by atoms with Crippen LogP contribution in [0.4, 0.5) is 5.82 Å². The average molecular weight is 339 g/mol. The van der Waals surface area contributed by atoms with Gasteiger partial charge in [0.1, 0.15) is 15.2 Å². The number of aromatic nitrogens is 2. The standard InChI is InChI=1S/C8H9Br2N3O2/c1-2-4(8(14)15)12-7-6(10)13-5(9)3-11-7/h3-4H,2H2,1H3,(H,11,12)(H,14,15). The highest BCUT2D eigenvalue weighted by atomic mass is 79.9. The molecule has 1 atom stereocenters. The van der Waals surface area contributed by atoms with E-state index in [1.807, 2.05) is 0 Å². The maximum atomic E-state index is 10.8. The van der Waals surface area contributed by atoms with Crippen molar-refractivity contribution in [1.29, 1.82) is 0 Å². The molecule has 15 heavy (non-hydrogen) atoms. The van der Waals surface area contributed by atoms with Gasteiger partial charge < -0.3 is 10.4 Å². The fourth-order valence-corrected chi connectivity index (χ4v) is 1.87. The van der Waals surface area contributed by atoms with Crippen molar-refractivity contribution >= 4 is 43.6 Å². The summed E-state index contributed by atoms with van der Waals surface area (Å²) in [5.74, 6) is -0.485. The average Bonchev–Trinajstić information content (AvgIpc) is 2.16. The Morgan fingerprint density at radius 1 is 1.67 bits per heavy atom. The Bertz CT molecular complexity index is 373. The molecule has 0 bridgehead atoms. The first kappa shape index (κ1) is 12.4. The molecule has 0 aliphatic carbocycles. The van der Waals surface area contributed by atoms with Gasteiger partial charge in [0.25, 0.3) is 0 Å². The molecule has 0 aliphatic heterocycles. The summed E-state index contributed by atoms with van der Waals surface area (Å²) >= 11 is 6.36. The number of carboxylic acids is 1. The largest absolute Gasteiger partial charge is 0.480 e. The summed E-state index contributed by atoms with van der Waals surface area (Å²) in [6.07, 6.45) is 1.97. The number of rotatable bonds is 4. The van der Waals surface area contributed by atoms with E-state index < -0.39 is 12.0 Å². The lowest BCUT2D eigenvalue weighted by atomic mass is 10.2. The Kier molecular flexibility index (Phi) is 4.46. The van der Waals surface area contributed by atoms with Gasteiger partial charge in [-0.2, -0.15) is 0 Å². The van der Waals surface area contributed by atoms with Crippen LogP contribution in [-0.4, -0.2) is 27.1 Å². The summed E-state index contributed by atoms with van der Waals surface area (Å²) in [7, 11) is 0. The van der Waals surface area contributed by atoms with Crippen molar-refractivity contribution in [2.75, 3.05) is 5.32 Å². The van der Waals surface area contributed by atoms with E-state index in [-0.39, 0.29) is 0 Å². The topological polar surface area (TPSA) is 75.1 Å². The number of nitrogens with zero attached hydrogens (tertiary/aromatic N) is 2. The van der Waals surface area contributed by atoms with Gasteiger partial charge in [-0.25, -0.2) is 14.8 Å². The number of nitrogens with one attached hydrogen (secondary N) is 1. The van der Waals surface area contributed by atoms with Crippen molar-refractivity contribution in [2.45, 2.75) is 19.4 Å². The van der Waals surface area contributed by atoms with E-state index in [1.165, 1.54) is 6.20 Å². The first-order valence-electron chi connectivity index (χ1n) is 4.22. The molecular formula is C8H9Br2N3O2. The molecule has 1 aromatic rings. The fourth-order valence-electron chi connectivity index (χ4n) is 0.947. The van der Waals surface area contributed by atoms with Gasteiger partial charge in [-0.15, -0.1) is 0 Å². The second-order valence-corrected chi connectivity index (χ2v) is 4.34. The van der Waals surface area contributed by atoms with Crippen LogP contribution in [0.25, 0.3) is 0 Å². The number of anilines is 1. The Hall–Kier alpha value is -0.690. The minimum Gasteiger partial charge on any atom is -0.480 e. The highest BCUT2D eigenvalue weighted by molar-refractivity contribution is 9.11. The molecular weight excluding hydrogens is 330 g/mol. The predicted octanol–water partition coefficient (Wildman–Crippen LogP) is 2.28. The molecule has 1 unspecified atom stereocenters. The van der Waals surface area contributed by atoms with Crippen molar-refractivity contribution in [3.8, 4) is 0 Å². The van der Waals surface area contributed by atoms with Gasteiger partial charge in [0, 0.05) is 0 Å². The smallest absolute Gasteiger partial charge is 0.326 e. The molecule has 1 rings (SSSR count). The molecule has 0 aromatic carbocycles. The predicted molar refractivity (Wildman–Crippen MR) is 62.8 cm³/mol. The summed E-state index contributed by atoms with van der Waals surface area (Å²) in [5.41, 5.74) is 0. The van der Waals surface area contributed by atoms with Gasteiger partial charge >= 0.3 is 5.97 Å². The van der Waals surface area contributed by atoms with Gasteiger partial charge in [0.05, 0.1) is 6.20 Å². The molecule has 5 nitrogen and oxygen atoms in total. The second-order valence-electron chi connectivity index (χ2n) is 2.78. The SMILES string of the molecule is CCC(Nc1ncc(Br)nc1Br)C(=O)O. The van der Waals surface area contributed by atoms with E-state index in [0.717, 1.165) is 0 Å². The number of hydrogen-bond acceptors (Lipinski definition) is 4. The maximum Gasteiger partial charge on any atom is 0.326 e. The third kappa shape index (κ3) is 3.42. The van der Waals surface area contributed by atoms with E-state index >= 15 is 0 Å². The number of hydrogen-bond donors (Lipinski definition) is 2. The van der Waals surface area contributed by atoms with E-state index in [0.29, 0.717) is 21.4 Å². The van der Waals surface area contributed by atoms with Crippen LogP contribution < -0.4 is 5.32 Å². The lowest BCUT2D eigenvalue weighted by molar-refractivity contribution is -0.137. The van der Waals surface area contributed by atoms with Crippen molar-refractivity contribution in [2.24, 2.45) is 0 Å². The number of carboxylic acid groups (broad SMARTS) is 1. The molecule has 0 fully saturated rings. The van der Waals surface area contributed by atoms with Gasteiger partial charge in [0.15, 0.2) is 5.82 Å². The number of aliphatic carboxylic acids is 1. The zero-order valence-corrected chi connectivity index (χ0v) is 11.0. The Balaban J connectivity index is 2.84. The summed E-state index contributed by atoms with van der Waals surface area (Å²) in [5, 5.41) is 11.6. The summed E-state index contributed by atoms with van der Waals surface area (Å²) < 4.78 is 1.07. The Morgan fingerprint density at radius 2 is 2.33 bits per heavy atom. The zero-order chi connectivity index (χ0) is 11.4. The fraction of sp³-hybridized carbons (Fsp3) is 0.375. The molecule has 0 saturated carbocycles. The third-order valence-corrected chi connectivity index (χ3v) is 2.65. The zero-order valence-electron chi connectivity index (χ0n) is 7.87. The Morgan fingerprint density at radius 3 is 2.80 bits per heavy atom. The third-order valence-electron chi connectivity index (χ3n) is 1.72. The second kappa shape index (κ2) is 5.41. The van der Waals surface area contributed by atoms with Crippen molar-refractivity contribution in [1.82, 2.24) is 9.97 Å². The summed E-state index contributed by atoms with van der Waals surface area (Å²) in [6.45, 7) is 1.78. The molecule has 0 aliphatic rings. The van der Waals surface area contributed by atoms with Crippen LogP contribution in [0.15, 0.2) is 15.4 Å². The van der Waals surface area contributed by atoms with Gasteiger partial charge in [-0.05, 0) is 38.3 Å². The highest BCUT2D eigenvalue weighted by Gasteiger charge is 2.16. The monoisotopic (exact) mass is 337 g/mol. The van der Waals surface area contributed by atoms with E-state index in [4.69, 9.17) is 5.11 Å². The van der Waals surface area contributed by atoms with E-state index in [2.05, 4.69) is 47.1 Å². The van der Waals surface area contributed by atoms with E-state index in [9.17, 15) is 4.79 Å². The van der Waals surface area contributed by atoms with E-state index in [1.54, 1.807) is 6.92 Å². The molecule has 82 valence electrons. The first-order valence-corrected chi connectivity index (χ1v) is 5.80. The lowest BCUT2D eigenvalue weighted by Crippen LogP contribution is -2.29. The quantitative estimate of drug-likeness (QED) is 0.880. The first-order chi connectivity index (χ1) is 7.04. The molecule has 0 spiro atoms. The van der Waals surface area contributed by atoms with Crippen LogP contribution in [0.5, 0.6) is 0 Å². The van der Waals surface area contributed by atoms with Crippen LogP contribution in [0.2, 0.25) is 0 Å². The van der Waals surface area contributed by atoms with Crippen LogP contribution in [0, 0.1) is 0 Å². The molecule has 1 aromatic heterocycles. The normalized spacial score (nSPS) is 12.2. The van der Waals surface area contributed by atoms with Gasteiger partial charge in [-0.1, -0.05) is 6.92 Å². The summed E-state index contributed by atoms with van der Waals surface area (Å²) in [6, 6.07) is -0.656. The Labute approximate surface area is 104 Å². The number of halogens is 2. The molecule has 1 heterocycles. The van der Waals surface area contributed by atoms with Crippen molar-refractivity contribution in [3.05, 3.63) is 15.4 Å². The summed E-state index contributed by atoms with van der Waals surface area (Å²) in [4.78, 5) is 18.8. The molecule has 0 amide bonds. The molecule has 0 saturated heterocycles. The van der Waals surface area contributed by atoms with Crippen LogP contribution >= 0.6 is 31.9 Å². The van der Waals surface area contributed by atoms with Crippen LogP contribution in [0.1, 0.15) is 13.3 Å². The molecule has 0 radical (unpaired) electrons.